The van der Waals surface area contributed by atoms with Gasteiger partial charge in [-0.05, 0) is 11.8 Å². The Balaban J connectivity index is 0. The van der Waals surface area contributed by atoms with E-state index in [1.807, 2.05) is 0 Å². The molecule has 0 fully saturated rings. The average Bonchev–Trinajstić information content (AvgIpc) is 2.28. The van der Waals surface area contributed by atoms with Crippen molar-refractivity contribution >= 4 is 0 Å². The van der Waals surface area contributed by atoms with Crippen LogP contribution in [0.15, 0.2) is 0 Å². The van der Waals surface area contributed by atoms with Crippen molar-refractivity contribution in [2.24, 2.45) is 11.8 Å². The first kappa shape index (κ1) is 18.4. The minimum Gasteiger partial charge on any atom is -0.0654 e. The third kappa shape index (κ3) is 16.4. The van der Waals surface area contributed by atoms with Crippen molar-refractivity contribution in [3.8, 4) is 0 Å². The van der Waals surface area contributed by atoms with Crippen molar-refractivity contribution in [1.82, 2.24) is 0 Å². The molecule has 0 bridgehead atoms. The van der Waals surface area contributed by atoms with E-state index in [0.29, 0.717) is 0 Å². The van der Waals surface area contributed by atoms with Crippen LogP contribution in [0.3, 0.4) is 0 Å². The van der Waals surface area contributed by atoms with Crippen LogP contribution >= 0.6 is 0 Å². The van der Waals surface area contributed by atoms with Gasteiger partial charge in [0.1, 0.15) is 0 Å². The lowest BCUT2D eigenvalue weighted by molar-refractivity contribution is 0.466. The summed E-state index contributed by atoms with van der Waals surface area (Å²) >= 11 is 0. The summed E-state index contributed by atoms with van der Waals surface area (Å²) in [6, 6.07) is 0. The Hall–Kier alpha value is 0. The first-order chi connectivity index (χ1) is 7.62. The first-order valence-corrected chi connectivity index (χ1v) is 7.62. The fourth-order valence-electron chi connectivity index (χ4n) is 1.89. The van der Waals surface area contributed by atoms with E-state index in [9.17, 15) is 0 Å². The van der Waals surface area contributed by atoms with Crippen molar-refractivity contribution in [2.75, 3.05) is 0 Å². The van der Waals surface area contributed by atoms with Gasteiger partial charge in [0.25, 0.3) is 0 Å². The van der Waals surface area contributed by atoms with Crippen molar-refractivity contribution in [3.05, 3.63) is 0 Å². The Bertz CT molecular complexity index is 107. The highest BCUT2D eigenvalue weighted by Crippen LogP contribution is 2.12. The molecule has 0 aliphatic carbocycles. The van der Waals surface area contributed by atoms with E-state index in [1.54, 1.807) is 0 Å². The number of hydrogen-bond acceptors (Lipinski definition) is 0. The van der Waals surface area contributed by atoms with Crippen LogP contribution in [0.2, 0.25) is 0 Å². The number of rotatable bonds is 8. The summed E-state index contributed by atoms with van der Waals surface area (Å²) in [5.41, 5.74) is 0. The molecular weight excluding hydrogens is 192 g/mol. The maximum atomic E-state index is 2.36. The molecule has 0 aliphatic heterocycles. The smallest absolute Gasteiger partial charge is 0.0443 e. The Morgan fingerprint density at radius 2 is 1.12 bits per heavy atom. The summed E-state index contributed by atoms with van der Waals surface area (Å²) in [5.74, 6) is 1.92. The van der Waals surface area contributed by atoms with Gasteiger partial charge in [-0.3, -0.25) is 0 Å². The molecule has 0 N–H and O–H groups in total. The fourth-order valence-corrected chi connectivity index (χ4v) is 1.89. The van der Waals surface area contributed by atoms with E-state index >= 15 is 0 Å². The molecule has 0 aromatic heterocycles. The first-order valence-electron chi connectivity index (χ1n) is 7.62. The van der Waals surface area contributed by atoms with Gasteiger partial charge in [-0.2, -0.15) is 0 Å². The highest BCUT2D eigenvalue weighted by molar-refractivity contribution is 4.50. The topological polar surface area (TPSA) is 0 Å². The maximum Gasteiger partial charge on any atom is -0.0443 e. The summed E-state index contributed by atoms with van der Waals surface area (Å²) < 4.78 is 0. The third-order valence-electron chi connectivity index (χ3n) is 3.31. The van der Waals surface area contributed by atoms with Crippen molar-refractivity contribution in [2.45, 2.75) is 92.9 Å². The van der Waals surface area contributed by atoms with Gasteiger partial charge in [-0.25, -0.2) is 0 Å². The lowest BCUT2D eigenvalue weighted by Crippen LogP contribution is -1.92. The maximum absolute atomic E-state index is 2.36. The predicted octanol–water partition coefficient (Wildman–Crippen LogP) is 6.45. The van der Waals surface area contributed by atoms with E-state index in [0.717, 1.165) is 11.8 Å². The van der Waals surface area contributed by atoms with Gasteiger partial charge in [-0.15, -0.1) is 0 Å². The summed E-state index contributed by atoms with van der Waals surface area (Å²) in [6.07, 6.45) is 11.1. The van der Waals surface area contributed by atoms with Crippen LogP contribution in [0.25, 0.3) is 0 Å². The van der Waals surface area contributed by atoms with Gasteiger partial charge in [0.05, 0.1) is 0 Å². The van der Waals surface area contributed by atoms with Gasteiger partial charge in [0.15, 0.2) is 0 Å². The van der Waals surface area contributed by atoms with E-state index in [-0.39, 0.29) is 0 Å². The minimum absolute atomic E-state index is 0.949. The Morgan fingerprint density at radius 1 is 0.625 bits per heavy atom. The molecule has 0 aromatic carbocycles. The zero-order chi connectivity index (χ0) is 12.8. The van der Waals surface area contributed by atoms with Crippen LogP contribution < -0.4 is 0 Å². The van der Waals surface area contributed by atoms with Crippen LogP contribution in [0.5, 0.6) is 0 Å². The molecular formula is C16H36. The van der Waals surface area contributed by atoms with E-state index < -0.39 is 0 Å². The second kappa shape index (κ2) is 15.0. The SMILES string of the molecule is CCCC(C)CC.CCCCC(C)CCC. The molecule has 0 radical (unpaired) electrons. The Morgan fingerprint density at radius 3 is 1.44 bits per heavy atom. The van der Waals surface area contributed by atoms with Crippen LogP contribution in [-0.4, -0.2) is 0 Å². The van der Waals surface area contributed by atoms with Gasteiger partial charge < -0.3 is 0 Å². The zero-order valence-corrected chi connectivity index (χ0v) is 12.8. The number of hydrogen-bond donors (Lipinski definition) is 0. The molecule has 100 valence electrons. The molecule has 0 saturated carbocycles. The van der Waals surface area contributed by atoms with E-state index in [4.69, 9.17) is 0 Å². The van der Waals surface area contributed by atoms with Crippen LogP contribution in [0.1, 0.15) is 92.9 Å². The van der Waals surface area contributed by atoms with Gasteiger partial charge >= 0.3 is 0 Å². The van der Waals surface area contributed by atoms with E-state index in [2.05, 4.69) is 41.5 Å². The minimum atomic E-state index is 0.949. The second-order valence-corrected chi connectivity index (χ2v) is 5.34. The quantitative estimate of drug-likeness (QED) is 0.448. The highest BCUT2D eigenvalue weighted by atomic mass is 14.0. The van der Waals surface area contributed by atoms with Crippen molar-refractivity contribution in [1.29, 1.82) is 0 Å². The third-order valence-corrected chi connectivity index (χ3v) is 3.31. The monoisotopic (exact) mass is 228 g/mol. The standard InChI is InChI=1S/C9H20.C7H16/c1-4-6-8-9(3)7-5-2;1-4-6-7(3)5-2/h9H,4-8H2,1-3H3;7H,4-6H2,1-3H3. The molecule has 16 heavy (non-hydrogen) atoms. The largest absolute Gasteiger partial charge is 0.0654 e. The molecule has 0 amide bonds. The molecule has 0 spiro atoms. The molecule has 0 heterocycles. The molecule has 0 rings (SSSR count). The predicted molar refractivity (Wildman–Crippen MR) is 78.0 cm³/mol. The second-order valence-electron chi connectivity index (χ2n) is 5.34. The molecule has 0 saturated heterocycles. The summed E-state index contributed by atoms with van der Waals surface area (Å²) in [4.78, 5) is 0. The van der Waals surface area contributed by atoms with Crippen molar-refractivity contribution in [3.63, 3.8) is 0 Å². The molecule has 0 aliphatic rings. The van der Waals surface area contributed by atoms with Crippen molar-refractivity contribution < 1.29 is 0 Å². The molecule has 2 atom stereocenters. The zero-order valence-electron chi connectivity index (χ0n) is 12.8. The van der Waals surface area contributed by atoms with Crippen LogP contribution in [0, 0.1) is 11.8 Å². The normalized spacial score (nSPS) is 13.9. The number of unbranched alkanes of at least 4 members (excludes halogenated alkanes) is 1. The highest BCUT2D eigenvalue weighted by Gasteiger charge is 1.97. The molecule has 0 aromatic rings. The van der Waals surface area contributed by atoms with Crippen LogP contribution in [0.4, 0.5) is 0 Å². The lowest BCUT2D eigenvalue weighted by atomic mass is 10.00. The lowest BCUT2D eigenvalue weighted by Gasteiger charge is -2.07. The Labute approximate surface area is 105 Å². The fraction of sp³-hybridized carbons (Fsp3) is 1.00. The molecule has 0 heteroatoms. The summed E-state index contributed by atoms with van der Waals surface area (Å²) in [5, 5.41) is 0. The Kier molecular flexibility index (Phi) is 17.2. The van der Waals surface area contributed by atoms with Gasteiger partial charge in [0, 0.05) is 0 Å². The molecule has 0 nitrogen and oxygen atoms in total. The van der Waals surface area contributed by atoms with E-state index in [1.165, 1.54) is 51.4 Å². The average molecular weight is 228 g/mol. The summed E-state index contributed by atoms with van der Waals surface area (Å²) in [7, 11) is 0. The van der Waals surface area contributed by atoms with Gasteiger partial charge in [-0.1, -0.05) is 92.9 Å². The molecule has 2 unspecified atom stereocenters. The summed E-state index contributed by atoms with van der Waals surface area (Å²) in [6.45, 7) is 13.7. The van der Waals surface area contributed by atoms with Gasteiger partial charge in [0.2, 0.25) is 0 Å². The van der Waals surface area contributed by atoms with Crippen LogP contribution in [-0.2, 0) is 0 Å².